The molecule has 1 aromatic rings. The van der Waals surface area contributed by atoms with Crippen LogP contribution in [0.15, 0.2) is 11.4 Å². The lowest BCUT2D eigenvalue weighted by molar-refractivity contribution is -0.193. The number of methoxy groups -OCH3 is 1. The fourth-order valence-electron chi connectivity index (χ4n) is 4.08. The summed E-state index contributed by atoms with van der Waals surface area (Å²) in [6.45, 7) is 9.19. The Bertz CT molecular complexity index is 792. The zero-order valence-electron chi connectivity index (χ0n) is 18.9. The smallest absolute Gasteiger partial charge is 0.475 e. The van der Waals surface area contributed by atoms with Crippen LogP contribution in [0, 0.1) is 18.3 Å². The summed E-state index contributed by atoms with van der Waals surface area (Å²) in [4.78, 5) is 24.5. The van der Waals surface area contributed by atoms with Crippen molar-refractivity contribution in [3.63, 3.8) is 0 Å². The molecule has 0 radical (unpaired) electrons. The van der Waals surface area contributed by atoms with Crippen molar-refractivity contribution in [1.29, 1.82) is 0 Å². The number of aliphatic carboxylic acids is 2. The number of thiophene rings is 1. The van der Waals surface area contributed by atoms with Gasteiger partial charge in [-0.05, 0) is 43.9 Å². The van der Waals surface area contributed by atoms with E-state index in [0.717, 1.165) is 13.2 Å². The highest BCUT2D eigenvalue weighted by molar-refractivity contribution is 7.10. The normalized spacial score (nSPS) is 23.3. The van der Waals surface area contributed by atoms with E-state index in [2.05, 4.69) is 35.2 Å². The topological polar surface area (TPSA) is 90.3 Å². The number of hydrogen-bond donors (Lipinski definition) is 2. The van der Waals surface area contributed by atoms with E-state index in [1.54, 1.807) is 0 Å². The van der Waals surface area contributed by atoms with Crippen LogP contribution in [0.2, 0.25) is 0 Å². The van der Waals surface area contributed by atoms with Crippen molar-refractivity contribution >= 4 is 23.3 Å². The lowest BCUT2D eigenvalue weighted by Crippen LogP contribution is -2.35. The van der Waals surface area contributed by atoms with E-state index in [4.69, 9.17) is 24.5 Å². The van der Waals surface area contributed by atoms with Gasteiger partial charge in [0.05, 0.1) is 6.61 Å². The minimum Gasteiger partial charge on any atom is -0.475 e. The summed E-state index contributed by atoms with van der Waals surface area (Å²) < 4.78 is 69.0. The summed E-state index contributed by atoms with van der Waals surface area (Å²) in [5, 5.41) is 16.5. The maximum atomic E-state index is 10.6. The molecule has 2 atom stereocenters. The monoisotopic (exact) mass is 522 g/mol. The van der Waals surface area contributed by atoms with Crippen LogP contribution in [-0.2, 0) is 20.9 Å². The fraction of sp³-hybridized carbons (Fsp3) is 0.700. The molecule has 0 saturated carbocycles. The molecule has 34 heavy (non-hydrogen) atoms. The molecule has 0 aliphatic carbocycles. The third-order valence-electron chi connectivity index (χ3n) is 5.64. The first kappa shape index (κ1) is 30.1. The third kappa shape index (κ3) is 9.04. The van der Waals surface area contributed by atoms with E-state index in [1.165, 1.54) is 43.0 Å². The highest BCUT2D eigenvalue weighted by atomic mass is 32.1. The van der Waals surface area contributed by atoms with Gasteiger partial charge in [0.1, 0.15) is 0 Å². The average molecular weight is 523 g/mol. The van der Waals surface area contributed by atoms with E-state index in [9.17, 15) is 26.3 Å². The SMILES string of the molecule is COC[C@H]1CN(C)C[C@@]12CCN(Cc1sccc1C)C2.O=C(O)C(F)(F)F.O=C(O)C(F)(F)F. The molecular formula is C20H28F6N2O5S. The number of rotatable bonds is 4. The predicted octanol–water partition coefficient (Wildman–Crippen LogP) is 3.72. The summed E-state index contributed by atoms with van der Waals surface area (Å²) in [5.41, 5.74) is 1.92. The van der Waals surface area contributed by atoms with Crippen LogP contribution in [0.3, 0.4) is 0 Å². The van der Waals surface area contributed by atoms with Crippen molar-refractivity contribution in [2.24, 2.45) is 11.3 Å². The van der Waals surface area contributed by atoms with Gasteiger partial charge in [0, 0.05) is 49.5 Å². The van der Waals surface area contributed by atoms with Crippen molar-refractivity contribution in [1.82, 2.24) is 9.80 Å². The zero-order valence-corrected chi connectivity index (χ0v) is 19.7. The Hall–Kier alpha value is -1.90. The number of hydrogen-bond acceptors (Lipinski definition) is 6. The summed E-state index contributed by atoms with van der Waals surface area (Å²) in [6.07, 6.45) is -8.84. The summed E-state index contributed by atoms with van der Waals surface area (Å²) in [6, 6.07) is 2.24. The van der Waals surface area contributed by atoms with Gasteiger partial charge in [-0.15, -0.1) is 11.3 Å². The number of likely N-dealkylation sites (tertiary alicyclic amines) is 2. The molecule has 0 unspecified atom stereocenters. The predicted molar refractivity (Wildman–Crippen MR) is 112 cm³/mol. The van der Waals surface area contributed by atoms with Gasteiger partial charge in [-0.3, -0.25) is 4.90 Å². The number of aryl methyl sites for hydroxylation is 1. The lowest BCUT2D eigenvalue weighted by Gasteiger charge is -2.30. The van der Waals surface area contributed by atoms with E-state index >= 15 is 0 Å². The molecule has 0 aromatic carbocycles. The molecule has 3 rings (SSSR count). The number of nitrogens with zero attached hydrogens (tertiary/aromatic N) is 2. The van der Waals surface area contributed by atoms with Gasteiger partial charge in [0.15, 0.2) is 0 Å². The molecule has 2 saturated heterocycles. The molecule has 1 spiro atoms. The number of halogens is 6. The van der Waals surface area contributed by atoms with E-state index < -0.39 is 24.3 Å². The molecule has 2 aliphatic heterocycles. The van der Waals surface area contributed by atoms with E-state index in [-0.39, 0.29) is 0 Å². The highest BCUT2D eigenvalue weighted by Gasteiger charge is 2.49. The second-order valence-electron chi connectivity index (χ2n) is 8.30. The van der Waals surface area contributed by atoms with Crippen LogP contribution < -0.4 is 0 Å². The molecule has 2 N–H and O–H groups in total. The Morgan fingerprint density at radius 2 is 1.68 bits per heavy atom. The Labute approximate surface area is 196 Å². The van der Waals surface area contributed by atoms with Crippen LogP contribution in [0.5, 0.6) is 0 Å². The summed E-state index contributed by atoms with van der Waals surface area (Å²) in [5.74, 6) is -4.81. The molecular weight excluding hydrogens is 494 g/mol. The molecule has 7 nitrogen and oxygen atoms in total. The minimum absolute atomic E-state index is 0.468. The first-order valence-corrected chi connectivity index (χ1v) is 10.9. The van der Waals surface area contributed by atoms with Crippen molar-refractivity contribution < 1.29 is 50.9 Å². The lowest BCUT2D eigenvalue weighted by atomic mass is 9.78. The second-order valence-corrected chi connectivity index (χ2v) is 9.31. The molecule has 2 fully saturated rings. The largest absolute Gasteiger partial charge is 0.490 e. The quantitative estimate of drug-likeness (QED) is 0.583. The fourth-order valence-corrected chi connectivity index (χ4v) is 5.03. The van der Waals surface area contributed by atoms with Crippen molar-refractivity contribution in [2.45, 2.75) is 32.2 Å². The summed E-state index contributed by atoms with van der Waals surface area (Å²) >= 11 is 1.90. The Morgan fingerprint density at radius 1 is 1.15 bits per heavy atom. The van der Waals surface area contributed by atoms with E-state index in [1.807, 2.05) is 18.4 Å². The number of carboxylic acid groups (broad SMARTS) is 2. The van der Waals surface area contributed by atoms with Crippen LogP contribution in [0.25, 0.3) is 0 Å². The van der Waals surface area contributed by atoms with Crippen molar-refractivity contribution in [3.05, 3.63) is 21.9 Å². The molecule has 2 aliphatic rings. The molecule has 0 bridgehead atoms. The average Bonchev–Trinajstić information content (AvgIpc) is 3.36. The zero-order chi connectivity index (χ0) is 26.3. The number of alkyl halides is 6. The van der Waals surface area contributed by atoms with Crippen LogP contribution >= 0.6 is 11.3 Å². The molecule has 14 heteroatoms. The van der Waals surface area contributed by atoms with Gasteiger partial charge < -0.3 is 19.8 Å². The molecule has 0 amide bonds. The first-order valence-electron chi connectivity index (χ1n) is 10.0. The van der Waals surface area contributed by atoms with Gasteiger partial charge in [0.25, 0.3) is 0 Å². The van der Waals surface area contributed by atoms with Crippen molar-refractivity contribution in [2.75, 3.05) is 46.9 Å². The third-order valence-corrected chi connectivity index (χ3v) is 6.64. The number of carboxylic acids is 2. The standard InChI is InChI=1S/C16H26N2OS.2C2HF3O2/c1-13-4-7-20-15(13)9-18-6-5-16(12-18)11-17(2)8-14(16)10-19-3;2*3-2(4,5)1(6)7/h4,7,14H,5-6,8-12H2,1-3H3;2*(H,6,7)/t14-,16-;;/m1../s1. The molecule has 196 valence electrons. The van der Waals surface area contributed by atoms with Crippen LogP contribution in [-0.4, -0.2) is 91.2 Å². The molecule has 3 heterocycles. The van der Waals surface area contributed by atoms with Crippen molar-refractivity contribution in [3.8, 4) is 0 Å². The first-order chi connectivity index (χ1) is 15.5. The Morgan fingerprint density at radius 3 is 2.09 bits per heavy atom. The van der Waals surface area contributed by atoms with Crippen LogP contribution in [0.1, 0.15) is 16.9 Å². The van der Waals surface area contributed by atoms with Gasteiger partial charge in [-0.1, -0.05) is 0 Å². The second kappa shape index (κ2) is 12.2. The number of carbonyl (C=O) groups is 2. The Balaban J connectivity index is 0.000000343. The van der Waals surface area contributed by atoms with Gasteiger partial charge in [-0.25, -0.2) is 9.59 Å². The number of ether oxygens (including phenoxy) is 1. The maximum absolute atomic E-state index is 10.6. The molecule has 1 aromatic heterocycles. The maximum Gasteiger partial charge on any atom is 0.490 e. The van der Waals surface area contributed by atoms with Gasteiger partial charge >= 0.3 is 24.3 Å². The highest BCUT2D eigenvalue weighted by Crippen LogP contribution is 2.44. The summed E-state index contributed by atoms with van der Waals surface area (Å²) in [7, 11) is 4.09. The van der Waals surface area contributed by atoms with Gasteiger partial charge in [0.2, 0.25) is 0 Å². The Kier molecular flexibility index (Phi) is 10.8. The van der Waals surface area contributed by atoms with Gasteiger partial charge in [-0.2, -0.15) is 26.3 Å². The van der Waals surface area contributed by atoms with E-state index in [0.29, 0.717) is 11.3 Å². The van der Waals surface area contributed by atoms with Crippen LogP contribution in [0.4, 0.5) is 26.3 Å². The minimum atomic E-state index is -5.08.